The van der Waals surface area contributed by atoms with Crippen LogP contribution in [0, 0.1) is 6.92 Å². The largest absolute Gasteiger partial charge is 0.441 e. The fourth-order valence-corrected chi connectivity index (χ4v) is 2.59. The number of aliphatic hydroxyl groups excluding tert-OH is 1. The van der Waals surface area contributed by atoms with E-state index in [1.807, 2.05) is 25.1 Å². The van der Waals surface area contributed by atoms with Crippen LogP contribution in [0.2, 0.25) is 0 Å². The van der Waals surface area contributed by atoms with Crippen LogP contribution >= 0.6 is 0 Å². The minimum absolute atomic E-state index is 0.108. The third kappa shape index (κ3) is 2.34. The Balaban J connectivity index is 1.74. The van der Waals surface area contributed by atoms with E-state index in [1.165, 1.54) is 0 Å². The maximum Gasteiger partial charge on any atom is 0.192 e. The lowest BCUT2D eigenvalue weighted by Gasteiger charge is -2.26. The normalized spacial score (nSPS) is 24.3. The topological polar surface area (TPSA) is 58.3 Å². The molecule has 1 aliphatic rings. The number of fused-ring (bicyclic) bond motifs is 1. The van der Waals surface area contributed by atoms with Gasteiger partial charge in [-0.3, -0.25) is 0 Å². The second kappa shape index (κ2) is 4.61. The summed E-state index contributed by atoms with van der Waals surface area (Å²) in [5.74, 6) is 0.697. The molecule has 1 aromatic carbocycles. The van der Waals surface area contributed by atoms with E-state index >= 15 is 0 Å². The number of aromatic nitrogens is 1. The van der Waals surface area contributed by atoms with Gasteiger partial charge in [-0.05, 0) is 43.9 Å². The Kier molecular flexibility index (Phi) is 2.96. The summed E-state index contributed by atoms with van der Waals surface area (Å²) in [5, 5.41) is 13.0. The van der Waals surface area contributed by atoms with E-state index in [2.05, 4.69) is 10.3 Å². The highest BCUT2D eigenvalue weighted by molar-refractivity contribution is 5.77. The molecule has 1 aromatic heterocycles. The van der Waals surface area contributed by atoms with Crippen LogP contribution in [0.3, 0.4) is 0 Å². The van der Waals surface area contributed by atoms with Crippen molar-refractivity contribution in [1.29, 1.82) is 0 Å². The first-order valence-corrected chi connectivity index (χ1v) is 6.52. The number of nitrogens with one attached hydrogen (secondary N) is 1. The number of anilines is 1. The molecule has 0 saturated heterocycles. The lowest BCUT2D eigenvalue weighted by molar-refractivity contribution is 0.126. The van der Waals surface area contributed by atoms with Gasteiger partial charge in [0.1, 0.15) is 5.52 Å². The zero-order chi connectivity index (χ0) is 12.5. The first kappa shape index (κ1) is 11.5. The van der Waals surface area contributed by atoms with Gasteiger partial charge in [0.2, 0.25) is 0 Å². The van der Waals surface area contributed by atoms with Crippen LogP contribution in [0.4, 0.5) is 5.69 Å². The van der Waals surface area contributed by atoms with E-state index in [1.54, 1.807) is 0 Å². The molecule has 0 aliphatic heterocycles. The molecule has 3 rings (SSSR count). The molecule has 1 heterocycles. The number of aliphatic hydroxyl groups is 1. The zero-order valence-corrected chi connectivity index (χ0v) is 10.5. The van der Waals surface area contributed by atoms with E-state index in [-0.39, 0.29) is 6.10 Å². The Hall–Kier alpha value is -1.55. The maximum absolute atomic E-state index is 9.49. The molecule has 0 radical (unpaired) electrons. The fraction of sp³-hybridized carbons (Fsp3) is 0.500. The van der Waals surface area contributed by atoms with Crippen molar-refractivity contribution in [2.45, 2.75) is 44.8 Å². The quantitative estimate of drug-likeness (QED) is 0.855. The van der Waals surface area contributed by atoms with Crippen LogP contribution in [-0.4, -0.2) is 22.2 Å². The van der Waals surface area contributed by atoms with Crippen molar-refractivity contribution in [1.82, 2.24) is 4.98 Å². The third-order valence-corrected chi connectivity index (χ3v) is 3.56. The molecule has 0 amide bonds. The molecule has 1 saturated carbocycles. The number of aryl methyl sites for hydroxylation is 1. The summed E-state index contributed by atoms with van der Waals surface area (Å²) >= 11 is 0. The SMILES string of the molecule is Cc1nc2cc(NC3CCC(O)CC3)ccc2o1. The Morgan fingerprint density at radius 3 is 2.83 bits per heavy atom. The first-order valence-electron chi connectivity index (χ1n) is 6.52. The molecule has 4 heteroatoms. The minimum Gasteiger partial charge on any atom is -0.441 e. The average molecular weight is 246 g/mol. The van der Waals surface area contributed by atoms with E-state index in [0.29, 0.717) is 11.9 Å². The summed E-state index contributed by atoms with van der Waals surface area (Å²) in [6.45, 7) is 1.86. The summed E-state index contributed by atoms with van der Waals surface area (Å²) in [5.41, 5.74) is 2.81. The summed E-state index contributed by atoms with van der Waals surface area (Å²) in [7, 11) is 0. The highest BCUT2D eigenvalue weighted by Crippen LogP contribution is 2.24. The van der Waals surface area contributed by atoms with E-state index < -0.39 is 0 Å². The van der Waals surface area contributed by atoms with Crippen molar-refractivity contribution in [2.24, 2.45) is 0 Å². The Bertz CT molecular complexity index is 542. The van der Waals surface area contributed by atoms with Crippen LogP contribution in [0.5, 0.6) is 0 Å². The number of oxazole rings is 1. The maximum atomic E-state index is 9.49. The van der Waals surface area contributed by atoms with Gasteiger partial charge in [0.25, 0.3) is 0 Å². The molecule has 0 atom stereocenters. The number of benzene rings is 1. The summed E-state index contributed by atoms with van der Waals surface area (Å²) in [4.78, 5) is 4.33. The average Bonchev–Trinajstić information content (AvgIpc) is 2.71. The molecule has 1 aliphatic carbocycles. The number of hydrogen-bond acceptors (Lipinski definition) is 4. The van der Waals surface area contributed by atoms with Crippen molar-refractivity contribution in [2.75, 3.05) is 5.32 Å². The number of nitrogens with zero attached hydrogens (tertiary/aromatic N) is 1. The second-order valence-corrected chi connectivity index (χ2v) is 5.07. The summed E-state index contributed by atoms with van der Waals surface area (Å²) in [6.07, 6.45) is 3.73. The Morgan fingerprint density at radius 1 is 1.28 bits per heavy atom. The Labute approximate surface area is 106 Å². The van der Waals surface area contributed by atoms with Gasteiger partial charge in [-0.15, -0.1) is 0 Å². The van der Waals surface area contributed by atoms with E-state index in [4.69, 9.17) is 4.42 Å². The van der Waals surface area contributed by atoms with Gasteiger partial charge in [-0.25, -0.2) is 4.98 Å². The van der Waals surface area contributed by atoms with Crippen LogP contribution in [0.1, 0.15) is 31.6 Å². The van der Waals surface area contributed by atoms with Crippen molar-refractivity contribution in [3.05, 3.63) is 24.1 Å². The van der Waals surface area contributed by atoms with Gasteiger partial charge < -0.3 is 14.8 Å². The number of hydrogen-bond donors (Lipinski definition) is 2. The molecule has 1 fully saturated rings. The first-order chi connectivity index (χ1) is 8.70. The predicted molar refractivity (Wildman–Crippen MR) is 70.6 cm³/mol. The minimum atomic E-state index is -0.108. The van der Waals surface area contributed by atoms with Gasteiger partial charge in [0.15, 0.2) is 11.5 Å². The molecular weight excluding hydrogens is 228 g/mol. The van der Waals surface area contributed by atoms with Crippen LogP contribution in [-0.2, 0) is 0 Å². The van der Waals surface area contributed by atoms with Crippen molar-refractivity contribution < 1.29 is 9.52 Å². The van der Waals surface area contributed by atoms with Crippen molar-refractivity contribution >= 4 is 16.8 Å². The number of rotatable bonds is 2. The predicted octanol–water partition coefficient (Wildman–Crippen LogP) is 2.85. The van der Waals surface area contributed by atoms with Gasteiger partial charge in [-0.1, -0.05) is 0 Å². The smallest absolute Gasteiger partial charge is 0.192 e. The second-order valence-electron chi connectivity index (χ2n) is 5.07. The van der Waals surface area contributed by atoms with Gasteiger partial charge in [0, 0.05) is 18.7 Å². The molecule has 18 heavy (non-hydrogen) atoms. The molecule has 4 nitrogen and oxygen atoms in total. The van der Waals surface area contributed by atoms with E-state index in [9.17, 15) is 5.11 Å². The van der Waals surface area contributed by atoms with Crippen molar-refractivity contribution in [3.63, 3.8) is 0 Å². The van der Waals surface area contributed by atoms with Gasteiger partial charge >= 0.3 is 0 Å². The summed E-state index contributed by atoms with van der Waals surface area (Å²) < 4.78 is 5.45. The molecule has 0 unspecified atom stereocenters. The lowest BCUT2D eigenvalue weighted by atomic mass is 9.93. The van der Waals surface area contributed by atoms with E-state index in [0.717, 1.165) is 42.5 Å². The third-order valence-electron chi connectivity index (χ3n) is 3.56. The molecule has 96 valence electrons. The van der Waals surface area contributed by atoms with Gasteiger partial charge in [0.05, 0.1) is 6.10 Å². The van der Waals surface area contributed by atoms with Gasteiger partial charge in [-0.2, -0.15) is 0 Å². The van der Waals surface area contributed by atoms with Crippen LogP contribution in [0.15, 0.2) is 22.6 Å². The molecule has 0 spiro atoms. The van der Waals surface area contributed by atoms with Crippen molar-refractivity contribution in [3.8, 4) is 0 Å². The van der Waals surface area contributed by atoms with Crippen LogP contribution < -0.4 is 5.32 Å². The molecule has 2 aromatic rings. The highest BCUT2D eigenvalue weighted by atomic mass is 16.3. The summed E-state index contributed by atoms with van der Waals surface area (Å²) in [6, 6.07) is 6.46. The molecular formula is C14H18N2O2. The Morgan fingerprint density at radius 2 is 2.06 bits per heavy atom. The standard InChI is InChI=1S/C14H18N2O2/c1-9-15-13-8-11(4-7-14(13)18-9)16-10-2-5-12(17)6-3-10/h4,7-8,10,12,16-17H,2-3,5-6H2,1H3. The fourth-order valence-electron chi connectivity index (χ4n) is 2.59. The monoisotopic (exact) mass is 246 g/mol. The highest BCUT2D eigenvalue weighted by Gasteiger charge is 2.19. The van der Waals surface area contributed by atoms with Crippen LogP contribution in [0.25, 0.3) is 11.1 Å². The molecule has 0 bridgehead atoms. The lowest BCUT2D eigenvalue weighted by Crippen LogP contribution is -2.28. The zero-order valence-electron chi connectivity index (χ0n) is 10.5. The molecule has 2 N–H and O–H groups in total.